The highest BCUT2D eigenvalue weighted by atomic mass is 16.5. The Hall–Kier alpha value is -1.55. The summed E-state index contributed by atoms with van der Waals surface area (Å²) < 4.78 is 11.6. The van der Waals surface area contributed by atoms with E-state index < -0.39 is 0 Å². The maximum Gasteiger partial charge on any atom is 0.420 e. The Morgan fingerprint density at radius 2 is 2.27 bits per heavy atom. The van der Waals surface area contributed by atoms with E-state index >= 15 is 0 Å². The van der Waals surface area contributed by atoms with Crippen LogP contribution in [0.2, 0.25) is 0 Å². The first kappa shape index (κ1) is 9.98. The van der Waals surface area contributed by atoms with E-state index in [1.807, 2.05) is 25.1 Å². The molecule has 0 atom stereocenters. The Kier molecular flexibility index (Phi) is 2.60. The van der Waals surface area contributed by atoms with Gasteiger partial charge in [-0.05, 0) is 24.6 Å². The molecule has 0 unspecified atom stereocenters. The van der Waals surface area contributed by atoms with E-state index in [1.165, 1.54) is 0 Å². The van der Waals surface area contributed by atoms with Crippen molar-refractivity contribution in [3.05, 3.63) is 34.3 Å². The lowest BCUT2D eigenvalue weighted by molar-refractivity contribution is 0.186. The molecule has 1 aromatic heterocycles. The fraction of sp³-hybridized carbons (Fsp3) is 0.364. The molecular weight excluding hydrogens is 194 g/mol. The Bertz CT molecular complexity index is 524. The summed E-state index contributed by atoms with van der Waals surface area (Å²) in [5.74, 6) is -0.326. The fourth-order valence-corrected chi connectivity index (χ4v) is 1.57. The van der Waals surface area contributed by atoms with Crippen LogP contribution < -0.4 is 5.76 Å². The Morgan fingerprint density at radius 1 is 1.47 bits per heavy atom. The predicted molar refractivity (Wildman–Crippen MR) is 57.1 cm³/mol. The van der Waals surface area contributed by atoms with Gasteiger partial charge in [0.25, 0.3) is 0 Å². The molecule has 0 spiro atoms. The highest BCUT2D eigenvalue weighted by Gasteiger charge is 2.08. The molecule has 4 nitrogen and oxygen atoms in total. The zero-order valence-electron chi connectivity index (χ0n) is 8.82. The van der Waals surface area contributed by atoms with E-state index in [9.17, 15) is 4.79 Å². The van der Waals surface area contributed by atoms with Crippen molar-refractivity contribution in [2.45, 2.75) is 13.5 Å². The van der Waals surface area contributed by atoms with E-state index in [2.05, 4.69) is 0 Å². The average molecular weight is 207 g/mol. The van der Waals surface area contributed by atoms with Crippen LogP contribution in [0.5, 0.6) is 0 Å². The van der Waals surface area contributed by atoms with Gasteiger partial charge in [-0.3, -0.25) is 4.57 Å². The van der Waals surface area contributed by atoms with E-state index in [4.69, 9.17) is 9.15 Å². The zero-order chi connectivity index (χ0) is 10.8. The summed E-state index contributed by atoms with van der Waals surface area (Å²) in [5.41, 5.74) is 2.56. The lowest BCUT2D eigenvalue weighted by atomic mass is 10.2. The van der Waals surface area contributed by atoms with E-state index in [0.717, 1.165) is 11.1 Å². The molecule has 0 fully saturated rings. The number of benzene rings is 1. The van der Waals surface area contributed by atoms with Crippen molar-refractivity contribution < 1.29 is 9.15 Å². The summed E-state index contributed by atoms with van der Waals surface area (Å²) in [6.07, 6.45) is 0. The maximum atomic E-state index is 11.5. The molecule has 15 heavy (non-hydrogen) atoms. The minimum atomic E-state index is -0.326. The van der Waals surface area contributed by atoms with Gasteiger partial charge >= 0.3 is 5.76 Å². The summed E-state index contributed by atoms with van der Waals surface area (Å²) in [7, 11) is 1.61. The summed E-state index contributed by atoms with van der Waals surface area (Å²) in [5, 5.41) is 0. The molecule has 0 bridgehead atoms. The average Bonchev–Trinajstić information content (AvgIpc) is 2.51. The number of hydrogen-bond donors (Lipinski definition) is 0. The van der Waals surface area contributed by atoms with Gasteiger partial charge in [-0.25, -0.2) is 4.79 Å². The van der Waals surface area contributed by atoms with Crippen LogP contribution in [0.4, 0.5) is 0 Å². The van der Waals surface area contributed by atoms with Crippen molar-refractivity contribution in [2.24, 2.45) is 0 Å². The molecule has 80 valence electrons. The molecule has 0 amide bonds. The first-order valence-electron chi connectivity index (χ1n) is 4.81. The topological polar surface area (TPSA) is 44.4 Å². The Balaban J connectivity index is 2.55. The minimum absolute atomic E-state index is 0.326. The molecule has 0 radical (unpaired) electrons. The Labute approximate surface area is 87.1 Å². The van der Waals surface area contributed by atoms with Crippen LogP contribution in [0.1, 0.15) is 5.56 Å². The van der Waals surface area contributed by atoms with Crippen LogP contribution in [-0.2, 0) is 11.3 Å². The summed E-state index contributed by atoms with van der Waals surface area (Å²) in [6, 6.07) is 5.68. The van der Waals surface area contributed by atoms with Gasteiger partial charge in [0.05, 0.1) is 18.7 Å². The van der Waals surface area contributed by atoms with Crippen molar-refractivity contribution in [3.8, 4) is 0 Å². The highest BCUT2D eigenvalue weighted by molar-refractivity contribution is 5.73. The molecule has 2 rings (SSSR count). The van der Waals surface area contributed by atoms with E-state index in [-0.39, 0.29) is 5.76 Å². The van der Waals surface area contributed by atoms with Crippen LogP contribution in [0.25, 0.3) is 11.1 Å². The van der Waals surface area contributed by atoms with Gasteiger partial charge < -0.3 is 9.15 Å². The van der Waals surface area contributed by atoms with Crippen LogP contribution >= 0.6 is 0 Å². The van der Waals surface area contributed by atoms with Crippen molar-refractivity contribution >= 4 is 11.1 Å². The molecule has 1 heterocycles. The third kappa shape index (κ3) is 1.80. The molecule has 0 N–H and O–H groups in total. The molecule has 0 aliphatic rings. The van der Waals surface area contributed by atoms with Gasteiger partial charge in [-0.15, -0.1) is 0 Å². The summed E-state index contributed by atoms with van der Waals surface area (Å²) >= 11 is 0. The van der Waals surface area contributed by atoms with Gasteiger partial charge in [0.1, 0.15) is 0 Å². The monoisotopic (exact) mass is 207 g/mol. The van der Waals surface area contributed by atoms with Gasteiger partial charge in [0.2, 0.25) is 0 Å². The second kappa shape index (κ2) is 3.90. The quantitative estimate of drug-likeness (QED) is 0.767. The third-order valence-electron chi connectivity index (χ3n) is 2.34. The van der Waals surface area contributed by atoms with Gasteiger partial charge in [0, 0.05) is 7.11 Å². The number of ether oxygens (including phenoxy) is 1. The second-order valence-electron chi connectivity index (χ2n) is 3.48. The molecular formula is C11H13NO3. The lowest BCUT2D eigenvalue weighted by Crippen LogP contribution is -2.16. The van der Waals surface area contributed by atoms with E-state index in [0.29, 0.717) is 18.7 Å². The van der Waals surface area contributed by atoms with Crippen molar-refractivity contribution in [1.29, 1.82) is 0 Å². The van der Waals surface area contributed by atoms with Crippen molar-refractivity contribution in [3.63, 3.8) is 0 Å². The molecule has 0 saturated carbocycles. The zero-order valence-corrected chi connectivity index (χ0v) is 8.82. The largest absolute Gasteiger partial charge is 0.420 e. The first-order valence-corrected chi connectivity index (χ1v) is 4.81. The third-order valence-corrected chi connectivity index (χ3v) is 2.34. The van der Waals surface area contributed by atoms with Gasteiger partial charge in [-0.1, -0.05) is 6.07 Å². The predicted octanol–water partition coefficient (Wildman–Crippen LogP) is 1.55. The number of hydrogen-bond acceptors (Lipinski definition) is 3. The van der Waals surface area contributed by atoms with Crippen LogP contribution in [-0.4, -0.2) is 18.3 Å². The standard InChI is InChI=1S/C11H13NO3/c1-8-3-4-10-9(7-8)12(5-6-14-2)11(13)15-10/h3-4,7H,5-6H2,1-2H3. The molecule has 1 aromatic carbocycles. The minimum Gasteiger partial charge on any atom is -0.408 e. The Morgan fingerprint density at radius 3 is 3.00 bits per heavy atom. The number of nitrogens with zero attached hydrogens (tertiary/aromatic N) is 1. The maximum absolute atomic E-state index is 11.5. The number of methoxy groups -OCH3 is 1. The summed E-state index contributed by atoms with van der Waals surface area (Å²) in [4.78, 5) is 11.5. The molecule has 4 heteroatoms. The van der Waals surface area contributed by atoms with Gasteiger partial charge in [0.15, 0.2) is 5.58 Å². The SMILES string of the molecule is COCCn1c(=O)oc2ccc(C)cc21. The molecule has 0 aliphatic carbocycles. The molecule has 0 aliphatic heterocycles. The van der Waals surface area contributed by atoms with Crippen LogP contribution in [0.3, 0.4) is 0 Å². The molecule has 0 saturated heterocycles. The normalized spacial score (nSPS) is 11.1. The first-order chi connectivity index (χ1) is 7.22. The fourth-order valence-electron chi connectivity index (χ4n) is 1.57. The summed E-state index contributed by atoms with van der Waals surface area (Å²) in [6.45, 7) is 3.01. The van der Waals surface area contributed by atoms with Crippen LogP contribution in [0.15, 0.2) is 27.4 Å². The van der Waals surface area contributed by atoms with Gasteiger partial charge in [-0.2, -0.15) is 0 Å². The lowest BCUT2D eigenvalue weighted by Gasteiger charge is -2.00. The second-order valence-corrected chi connectivity index (χ2v) is 3.48. The smallest absolute Gasteiger partial charge is 0.408 e. The number of fused-ring (bicyclic) bond motifs is 1. The number of rotatable bonds is 3. The van der Waals surface area contributed by atoms with Crippen LogP contribution in [0, 0.1) is 6.92 Å². The van der Waals surface area contributed by atoms with Crippen molar-refractivity contribution in [2.75, 3.05) is 13.7 Å². The number of aromatic nitrogens is 1. The molecule has 2 aromatic rings. The number of aryl methyl sites for hydroxylation is 1. The highest BCUT2D eigenvalue weighted by Crippen LogP contribution is 2.14. The number of oxazole rings is 1. The van der Waals surface area contributed by atoms with E-state index in [1.54, 1.807) is 11.7 Å². The van der Waals surface area contributed by atoms with Crippen molar-refractivity contribution in [1.82, 2.24) is 4.57 Å².